The predicted molar refractivity (Wildman–Crippen MR) is 196 cm³/mol. The van der Waals surface area contributed by atoms with Crippen molar-refractivity contribution < 1.29 is 14.3 Å². The van der Waals surface area contributed by atoms with E-state index in [0.717, 1.165) is 65.4 Å². The van der Waals surface area contributed by atoms with Gasteiger partial charge in [0.25, 0.3) is 0 Å². The molecule has 1 unspecified atom stereocenters. The summed E-state index contributed by atoms with van der Waals surface area (Å²) in [4.78, 5) is 20.1. The van der Waals surface area contributed by atoms with Crippen LogP contribution in [-0.2, 0) is 10.3 Å². The van der Waals surface area contributed by atoms with Crippen molar-refractivity contribution in [1.82, 2.24) is 0 Å². The molecule has 0 bridgehead atoms. The third-order valence-corrected chi connectivity index (χ3v) is 9.12. The lowest BCUT2D eigenvalue weighted by Gasteiger charge is -2.26. The minimum Gasteiger partial charge on any atom is -0.497 e. The molecule has 6 nitrogen and oxygen atoms in total. The van der Waals surface area contributed by atoms with E-state index >= 15 is 0 Å². The molecule has 0 radical (unpaired) electrons. The molecule has 0 saturated heterocycles. The quantitative estimate of drug-likeness (QED) is 0.109. The molecule has 4 aromatic rings. The van der Waals surface area contributed by atoms with E-state index in [1.165, 1.54) is 11.4 Å². The van der Waals surface area contributed by atoms with Gasteiger partial charge in [0.05, 0.1) is 12.7 Å². The van der Waals surface area contributed by atoms with Crippen LogP contribution in [-0.4, -0.2) is 53.4 Å². The SMILES string of the molecule is CCN(CC)c1ccc(C(=CC=CC2(c3ccc(OC)cc3)OC(=O)c3cc(N(C)C)ccc32)c2ccc(N(CC)CC)cc2)cc1. The van der Waals surface area contributed by atoms with Gasteiger partial charge in [-0.25, -0.2) is 4.79 Å². The molecule has 0 fully saturated rings. The number of benzene rings is 4. The van der Waals surface area contributed by atoms with Crippen LogP contribution in [0.25, 0.3) is 5.57 Å². The van der Waals surface area contributed by atoms with Crippen molar-refractivity contribution in [2.45, 2.75) is 33.3 Å². The Morgan fingerprint density at radius 1 is 0.723 bits per heavy atom. The van der Waals surface area contributed by atoms with Crippen molar-refractivity contribution in [1.29, 1.82) is 0 Å². The molecule has 0 N–H and O–H groups in total. The number of anilines is 3. The molecule has 0 amide bonds. The second kappa shape index (κ2) is 14.6. The van der Waals surface area contributed by atoms with Gasteiger partial charge in [-0.3, -0.25) is 0 Å². The van der Waals surface area contributed by atoms with Gasteiger partial charge in [-0.2, -0.15) is 0 Å². The molecule has 1 aliphatic rings. The fraction of sp³-hybridized carbons (Fsp3) is 0.293. The second-order valence-electron chi connectivity index (χ2n) is 11.9. The number of methoxy groups -OCH3 is 1. The average Bonchev–Trinajstić information content (AvgIpc) is 3.40. The fourth-order valence-corrected chi connectivity index (χ4v) is 6.35. The summed E-state index contributed by atoms with van der Waals surface area (Å²) in [6.45, 7) is 12.5. The fourth-order valence-electron chi connectivity index (χ4n) is 6.35. The van der Waals surface area contributed by atoms with Gasteiger partial charge in [0.2, 0.25) is 0 Å². The van der Waals surface area contributed by atoms with Crippen LogP contribution in [0.15, 0.2) is 109 Å². The maximum Gasteiger partial charge on any atom is 0.340 e. The zero-order chi connectivity index (χ0) is 33.6. The van der Waals surface area contributed by atoms with Gasteiger partial charge < -0.3 is 24.2 Å². The number of hydrogen-bond acceptors (Lipinski definition) is 6. The number of allylic oxidation sites excluding steroid dienone is 2. The smallest absolute Gasteiger partial charge is 0.340 e. The second-order valence-corrected chi connectivity index (χ2v) is 11.9. The highest BCUT2D eigenvalue weighted by Gasteiger charge is 2.45. The van der Waals surface area contributed by atoms with E-state index in [9.17, 15) is 4.79 Å². The molecule has 0 spiro atoms. The third-order valence-electron chi connectivity index (χ3n) is 9.12. The van der Waals surface area contributed by atoms with Crippen LogP contribution in [0, 0.1) is 0 Å². The Morgan fingerprint density at radius 3 is 1.70 bits per heavy atom. The van der Waals surface area contributed by atoms with Gasteiger partial charge in [0.1, 0.15) is 5.75 Å². The molecule has 1 atom stereocenters. The Labute approximate surface area is 280 Å². The van der Waals surface area contributed by atoms with Gasteiger partial charge in [0, 0.05) is 68.5 Å². The number of hydrogen-bond donors (Lipinski definition) is 0. The minimum absolute atomic E-state index is 0.340. The molecule has 5 rings (SSSR count). The van der Waals surface area contributed by atoms with Crippen LogP contribution in [0.2, 0.25) is 0 Å². The number of carbonyl (C=O) groups is 1. The van der Waals surface area contributed by atoms with Crippen LogP contribution in [0.4, 0.5) is 17.1 Å². The molecule has 1 heterocycles. The molecule has 47 heavy (non-hydrogen) atoms. The molecule has 244 valence electrons. The van der Waals surface area contributed by atoms with E-state index in [2.05, 4.69) is 92.1 Å². The summed E-state index contributed by atoms with van der Waals surface area (Å²) in [5, 5.41) is 0. The highest BCUT2D eigenvalue weighted by atomic mass is 16.6. The van der Waals surface area contributed by atoms with Gasteiger partial charge in [-0.1, -0.05) is 54.6 Å². The number of fused-ring (bicyclic) bond motifs is 1. The molecular weight excluding hydrogens is 582 g/mol. The van der Waals surface area contributed by atoms with E-state index in [1.807, 2.05) is 73.6 Å². The minimum atomic E-state index is -1.09. The summed E-state index contributed by atoms with van der Waals surface area (Å²) in [6, 6.07) is 31.2. The van der Waals surface area contributed by atoms with Crippen LogP contribution in [0.1, 0.15) is 60.3 Å². The summed E-state index contributed by atoms with van der Waals surface area (Å²) < 4.78 is 11.8. The zero-order valence-corrected chi connectivity index (χ0v) is 28.8. The zero-order valence-electron chi connectivity index (χ0n) is 28.8. The first-order chi connectivity index (χ1) is 22.8. The lowest BCUT2D eigenvalue weighted by Crippen LogP contribution is -2.25. The molecule has 6 heteroatoms. The maximum absolute atomic E-state index is 13.4. The van der Waals surface area contributed by atoms with Gasteiger partial charge in [-0.15, -0.1) is 0 Å². The van der Waals surface area contributed by atoms with E-state index in [1.54, 1.807) is 7.11 Å². The maximum atomic E-state index is 13.4. The molecule has 1 aliphatic heterocycles. The monoisotopic (exact) mass is 629 g/mol. The van der Waals surface area contributed by atoms with Crippen molar-refractivity contribution >= 4 is 28.6 Å². The Hall–Kier alpha value is -4.97. The van der Waals surface area contributed by atoms with Gasteiger partial charge in [-0.05, 0) is 99.0 Å². The lowest BCUT2D eigenvalue weighted by molar-refractivity contribution is 0.0275. The molecular formula is C41H47N3O3. The van der Waals surface area contributed by atoms with E-state index in [-0.39, 0.29) is 5.97 Å². The lowest BCUT2D eigenvalue weighted by atomic mass is 9.84. The first-order valence-electron chi connectivity index (χ1n) is 16.6. The number of nitrogens with zero attached hydrogens (tertiary/aromatic N) is 3. The summed E-state index contributed by atoms with van der Waals surface area (Å²) in [5.74, 6) is 0.399. The van der Waals surface area contributed by atoms with Crippen molar-refractivity contribution in [2.75, 3.05) is 62.1 Å². The first-order valence-corrected chi connectivity index (χ1v) is 16.6. The topological polar surface area (TPSA) is 45.3 Å². The number of rotatable bonds is 13. The van der Waals surface area contributed by atoms with Crippen molar-refractivity contribution in [3.05, 3.63) is 137 Å². The molecule has 0 saturated carbocycles. The van der Waals surface area contributed by atoms with E-state index in [4.69, 9.17) is 9.47 Å². The van der Waals surface area contributed by atoms with Crippen LogP contribution in [0.3, 0.4) is 0 Å². The molecule has 4 aromatic carbocycles. The highest BCUT2D eigenvalue weighted by Crippen LogP contribution is 2.45. The standard InChI is InChI=1S/C41H47N3O3/c1-8-43(9-2)33-20-14-30(15-21-33)37(31-16-22-34(23-17-31)44(10-3)11-4)13-12-28-41(32-18-25-36(46-7)26-19-32)39-27-24-35(42(5)6)29-38(39)40(45)47-41/h12-29H,8-11H2,1-7H3. The Morgan fingerprint density at radius 2 is 1.23 bits per heavy atom. The number of cyclic esters (lactones) is 1. The normalized spacial score (nSPS) is 15.3. The van der Waals surface area contributed by atoms with Gasteiger partial charge >= 0.3 is 5.97 Å². The summed E-state index contributed by atoms with van der Waals surface area (Å²) in [7, 11) is 5.58. The Bertz CT molecular complexity index is 1660. The summed E-state index contributed by atoms with van der Waals surface area (Å²) in [6.07, 6.45) is 6.16. The van der Waals surface area contributed by atoms with Crippen LogP contribution in [0.5, 0.6) is 5.75 Å². The van der Waals surface area contributed by atoms with Crippen LogP contribution >= 0.6 is 0 Å². The van der Waals surface area contributed by atoms with Crippen molar-refractivity contribution in [3.8, 4) is 5.75 Å². The van der Waals surface area contributed by atoms with Crippen molar-refractivity contribution in [2.24, 2.45) is 0 Å². The molecule has 0 aliphatic carbocycles. The Kier molecular flexibility index (Phi) is 10.4. The number of esters is 1. The number of carbonyl (C=O) groups excluding carboxylic acids is 1. The number of ether oxygens (including phenoxy) is 2. The van der Waals surface area contributed by atoms with Gasteiger partial charge in [0.15, 0.2) is 5.60 Å². The average molecular weight is 630 g/mol. The summed E-state index contributed by atoms with van der Waals surface area (Å²) >= 11 is 0. The highest BCUT2D eigenvalue weighted by molar-refractivity contribution is 5.97. The van der Waals surface area contributed by atoms with E-state index < -0.39 is 5.60 Å². The Balaban J connectivity index is 1.63. The largest absolute Gasteiger partial charge is 0.497 e. The van der Waals surface area contributed by atoms with Crippen molar-refractivity contribution in [3.63, 3.8) is 0 Å². The summed E-state index contributed by atoms with van der Waals surface area (Å²) in [5.41, 5.74) is 7.79. The predicted octanol–water partition coefficient (Wildman–Crippen LogP) is 8.56. The first kappa shape index (κ1) is 33.4. The van der Waals surface area contributed by atoms with Crippen LogP contribution < -0.4 is 19.4 Å². The third kappa shape index (κ3) is 6.78. The molecule has 0 aromatic heterocycles. The van der Waals surface area contributed by atoms with E-state index in [0.29, 0.717) is 5.56 Å².